The van der Waals surface area contributed by atoms with Gasteiger partial charge < -0.3 is 5.32 Å². The fourth-order valence-electron chi connectivity index (χ4n) is 1.71. The molecule has 0 unspecified atom stereocenters. The Hall–Kier alpha value is -2.66. The monoisotopic (exact) mass is 315 g/mol. The molecule has 6 heteroatoms. The lowest BCUT2D eigenvalue weighted by molar-refractivity contribution is -0.114. The van der Waals surface area contributed by atoms with Gasteiger partial charge in [-0.3, -0.25) is 9.59 Å². The molecule has 0 aliphatic heterocycles. The summed E-state index contributed by atoms with van der Waals surface area (Å²) in [6, 6.07) is 13.7. The van der Waals surface area contributed by atoms with Crippen LogP contribution in [-0.4, -0.2) is 18.0 Å². The fourth-order valence-corrected chi connectivity index (χ4v) is 1.90. The average molecular weight is 316 g/mol. The van der Waals surface area contributed by atoms with Crippen molar-refractivity contribution in [2.24, 2.45) is 5.10 Å². The van der Waals surface area contributed by atoms with Gasteiger partial charge in [0.1, 0.15) is 0 Å². The number of amides is 2. The number of carbonyl (C=O) groups excluding carboxylic acids is 2. The maximum atomic E-state index is 11.9. The first-order valence-corrected chi connectivity index (χ1v) is 6.89. The zero-order chi connectivity index (χ0) is 15.9. The van der Waals surface area contributed by atoms with Gasteiger partial charge in [0.15, 0.2) is 0 Å². The number of anilines is 1. The Labute approximate surface area is 133 Å². The standard InChI is InChI=1S/C16H14ClN3O2/c1-11(21)19-14-8-6-12(7-9-14)16(22)20-18-10-13-4-2-3-5-15(13)17/h2-10H,1H3,(H,19,21)(H,20,22). The molecule has 2 amide bonds. The first kappa shape index (κ1) is 15.7. The van der Waals surface area contributed by atoms with Crippen LogP contribution in [0.3, 0.4) is 0 Å². The summed E-state index contributed by atoms with van der Waals surface area (Å²) in [5.41, 5.74) is 4.20. The smallest absolute Gasteiger partial charge is 0.271 e. The summed E-state index contributed by atoms with van der Waals surface area (Å²) in [4.78, 5) is 22.8. The van der Waals surface area contributed by atoms with Crippen LogP contribution in [0, 0.1) is 0 Å². The Balaban J connectivity index is 1.97. The van der Waals surface area contributed by atoms with E-state index in [1.54, 1.807) is 36.4 Å². The van der Waals surface area contributed by atoms with Gasteiger partial charge in [0.2, 0.25) is 5.91 Å². The Morgan fingerprint density at radius 3 is 2.41 bits per heavy atom. The molecule has 112 valence electrons. The maximum Gasteiger partial charge on any atom is 0.271 e. The van der Waals surface area contributed by atoms with Gasteiger partial charge >= 0.3 is 0 Å². The summed E-state index contributed by atoms with van der Waals surface area (Å²) in [5, 5.41) is 7.05. The number of hydrogen-bond acceptors (Lipinski definition) is 3. The van der Waals surface area contributed by atoms with Crippen LogP contribution in [0.2, 0.25) is 5.02 Å². The van der Waals surface area contributed by atoms with Gasteiger partial charge in [-0.05, 0) is 30.3 Å². The Morgan fingerprint density at radius 1 is 1.09 bits per heavy atom. The van der Waals surface area contributed by atoms with Crippen LogP contribution >= 0.6 is 11.6 Å². The molecule has 2 aromatic carbocycles. The summed E-state index contributed by atoms with van der Waals surface area (Å²) in [7, 11) is 0. The van der Waals surface area contributed by atoms with Gasteiger partial charge in [0, 0.05) is 28.8 Å². The van der Waals surface area contributed by atoms with E-state index in [0.717, 1.165) is 0 Å². The van der Waals surface area contributed by atoms with Crippen molar-refractivity contribution in [1.29, 1.82) is 0 Å². The number of halogens is 1. The average Bonchev–Trinajstić information content (AvgIpc) is 2.49. The number of hydrazone groups is 1. The van der Waals surface area contributed by atoms with Gasteiger partial charge in [-0.1, -0.05) is 29.8 Å². The first-order chi connectivity index (χ1) is 10.6. The SMILES string of the molecule is CC(=O)Nc1ccc(C(=O)NN=Cc2ccccc2Cl)cc1. The van der Waals surface area contributed by atoms with Gasteiger partial charge in [0.25, 0.3) is 5.91 Å². The van der Waals surface area contributed by atoms with Crippen LogP contribution in [-0.2, 0) is 4.79 Å². The molecule has 2 aromatic rings. The minimum atomic E-state index is -0.349. The van der Waals surface area contributed by atoms with Crippen LogP contribution in [0.25, 0.3) is 0 Å². The molecule has 0 spiro atoms. The summed E-state index contributed by atoms with van der Waals surface area (Å²) in [6.07, 6.45) is 1.48. The van der Waals surface area contributed by atoms with Gasteiger partial charge in [-0.2, -0.15) is 5.10 Å². The first-order valence-electron chi connectivity index (χ1n) is 6.52. The second-order valence-corrected chi connectivity index (χ2v) is 4.89. The number of nitrogens with one attached hydrogen (secondary N) is 2. The minimum Gasteiger partial charge on any atom is -0.326 e. The quantitative estimate of drug-likeness (QED) is 0.672. The summed E-state index contributed by atoms with van der Waals surface area (Å²) >= 11 is 5.98. The lowest BCUT2D eigenvalue weighted by atomic mass is 10.2. The van der Waals surface area contributed by atoms with Crippen molar-refractivity contribution >= 4 is 35.3 Å². The number of carbonyl (C=O) groups is 2. The molecule has 0 aliphatic carbocycles. The van der Waals surface area contributed by atoms with Crippen molar-refractivity contribution in [2.75, 3.05) is 5.32 Å². The van der Waals surface area contributed by atoms with Gasteiger partial charge in [-0.15, -0.1) is 0 Å². The molecule has 0 atom stereocenters. The maximum absolute atomic E-state index is 11.9. The zero-order valence-corrected chi connectivity index (χ0v) is 12.6. The van der Waals surface area contributed by atoms with E-state index in [0.29, 0.717) is 21.8 Å². The lowest BCUT2D eigenvalue weighted by Gasteiger charge is -2.03. The van der Waals surface area contributed by atoms with E-state index in [4.69, 9.17) is 11.6 Å². The van der Waals surface area contributed by atoms with E-state index >= 15 is 0 Å². The highest BCUT2D eigenvalue weighted by atomic mass is 35.5. The van der Waals surface area contributed by atoms with Crippen LogP contribution in [0.1, 0.15) is 22.8 Å². The highest BCUT2D eigenvalue weighted by Crippen LogP contribution is 2.12. The van der Waals surface area contributed by atoms with Crippen molar-refractivity contribution in [3.05, 3.63) is 64.7 Å². The molecule has 0 fully saturated rings. The summed E-state index contributed by atoms with van der Waals surface area (Å²) in [6.45, 7) is 1.42. The largest absolute Gasteiger partial charge is 0.326 e. The molecule has 2 rings (SSSR count). The highest BCUT2D eigenvalue weighted by Gasteiger charge is 2.04. The molecule has 0 aliphatic rings. The summed E-state index contributed by atoms with van der Waals surface area (Å²) in [5.74, 6) is -0.515. The van der Waals surface area contributed by atoms with Gasteiger partial charge in [-0.25, -0.2) is 5.43 Å². The predicted molar refractivity (Wildman–Crippen MR) is 87.3 cm³/mol. The van der Waals surface area contributed by atoms with Crippen LogP contribution < -0.4 is 10.7 Å². The van der Waals surface area contributed by atoms with E-state index in [-0.39, 0.29) is 11.8 Å². The highest BCUT2D eigenvalue weighted by molar-refractivity contribution is 6.33. The van der Waals surface area contributed by atoms with E-state index in [1.165, 1.54) is 13.1 Å². The molecule has 2 N–H and O–H groups in total. The van der Waals surface area contributed by atoms with Crippen LogP contribution in [0.15, 0.2) is 53.6 Å². The third kappa shape index (κ3) is 4.43. The van der Waals surface area contributed by atoms with Crippen molar-refractivity contribution in [1.82, 2.24) is 5.43 Å². The molecular weight excluding hydrogens is 302 g/mol. The van der Waals surface area contributed by atoms with E-state index in [2.05, 4.69) is 15.8 Å². The number of nitrogens with zero attached hydrogens (tertiary/aromatic N) is 1. The summed E-state index contributed by atoms with van der Waals surface area (Å²) < 4.78 is 0. The van der Waals surface area contributed by atoms with E-state index in [1.807, 2.05) is 12.1 Å². The molecule has 0 saturated heterocycles. The number of hydrogen-bond donors (Lipinski definition) is 2. The molecule has 0 saturated carbocycles. The molecule has 22 heavy (non-hydrogen) atoms. The van der Waals surface area contributed by atoms with Crippen molar-refractivity contribution in [3.63, 3.8) is 0 Å². The van der Waals surface area contributed by atoms with Crippen molar-refractivity contribution in [3.8, 4) is 0 Å². The molecule has 5 nitrogen and oxygen atoms in total. The molecule has 0 radical (unpaired) electrons. The lowest BCUT2D eigenvalue weighted by Crippen LogP contribution is -2.17. The van der Waals surface area contributed by atoms with E-state index < -0.39 is 0 Å². The fraction of sp³-hybridized carbons (Fsp3) is 0.0625. The Kier molecular flexibility index (Phi) is 5.27. The zero-order valence-electron chi connectivity index (χ0n) is 11.8. The molecular formula is C16H14ClN3O2. The van der Waals surface area contributed by atoms with Gasteiger partial charge in [0.05, 0.1) is 6.21 Å². The topological polar surface area (TPSA) is 70.6 Å². The van der Waals surface area contributed by atoms with Crippen molar-refractivity contribution in [2.45, 2.75) is 6.92 Å². The number of benzene rings is 2. The molecule has 0 bridgehead atoms. The second-order valence-electron chi connectivity index (χ2n) is 4.48. The predicted octanol–water partition coefficient (Wildman–Crippen LogP) is 3.06. The third-order valence-corrected chi connectivity index (χ3v) is 3.09. The minimum absolute atomic E-state index is 0.165. The van der Waals surface area contributed by atoms with Crippen molar-refractivity contribution < 1.29 is 9.59 Å². The van der Waals surface area contributed by atoms with Crippen LogP contribution in [0.5, 0.6) is 0 Å². The van der Waals surface area contributed by atoms with E-state index in [9.17, 15) is 9.59 Å². The normalized spacial score (nSPS) is 10.5. The second kappa shape index (κ2) is 7.38. The number of rotatable bonds is 4. The Bertz CT molecular complexity index is 712. The third-order valence-electron chi connectivity index (χ3n) is 2.74. The van der Waals surface area contributed by atoms with Crippen LogP contribution in [0.4, 0.5) is 5.69 Å². The molecule has 0 heterocycles. The Morgan fingerprint density at radius 2 is 1.77 bits per heavy atom. The molecule has 0 aromatic heterocycles.